The summed E-state index contributed by atoms with van der Waals surface area (Å²) in [7, 11) is 0. The molecule has 0 aromatic heterocycles. The van der Waals surface area contributed by atoms with Crippen molar-refractivity contribution in [1.82, 2.24) is 0 Å². The zero-order valence-electron chi connectivity index (χ0n) is 15.4. The van der Waals surface area contributed by atoms with E-state index in [9.17, 15) is 9.59 Å². The number of fused-ring (bicyclic) bond motifs is 2. The molecule has 5 aromatic carbocycles. The van der Waals surface area contributed by atoms with Gasteiger partial charge in [-0.05, 0) is 64.7 Å². The summed E-state index contributed by atoms with van der Waals surface area (Å²) in [6.45, 7) is 4.25. The van der Waals surface area contributed by atoms with Gasteiger partial charge in [-0.1, -0.05) is 50.1 Å². The van der Waals surface area contributed by atoms with Gasteiger partial charge in [-0.15, -0.1) is 0 Å². The summed E-state index contributed by atoms with van der Waals surface area (Å²) in [5.41, 5.74) is 3.28. The highest BCUT2D eigenvalue weighted by Crippen LogP contribution is 2.49. The molecular formula is C24H12Br2O3. The molecule has 0 fully saturated rings. The molecule has 0 saturated carbocycles. The minimum atomic E-state index is -0.602. The lowest BCUT2D eigenvalue weighted by molar-refractivity contribution is 0.0391. The van der Waals surface area contributed by atoms with Crippen molar-refractivity contribution >= 4 is 86.9 Å². The Morgan fingerprint density at radius 2 is 1.21 bits per heavy atom. The van der Waals surface area contributed by atoms with E-state index < -0.39 is 11.9 Å². The second-order valence-corrected chi connectivity index (χ2v) is 9.31. The van der Waals surface area contributed by atoms with Crippen LogP contribution in [0, 0.1) is 13.8 Å². The molecule has 3 nitrogen and oxygen atoms in total. The Morgan fingerprint density at radius 3 is 1.93 bits per heavy atom. The van der Waals surface area contributed by atoms with Crippen molar-refractivity contribution in [3.8, 4) is 0 Å². The molecule has 0 N–H and O–H groups in total. The van der Waals surface area contributed by atoms with Gasteiger partial charge in [0.15, 0.2) is 0 Å². The number of benzene rings is 5. The number of halogens is 2. The Hall–Kier alpha value is -2.50. The first-order chi connectivity index (χ1) is 13.9. The van der Waals surface area contributed by atoms with Gasteiger partial charge in [-0.25, -0.2) is 9.59 Å². The number of carbonyl (C=O) groups excluding carboxylic acids is 2. The van der Waals surface area contributed by atoms with E-state index >= 15 is 0 Å². The van der Waals surface area contributed by atoms with Gasteiger partial charge < -0.3 is 4.74 Å². The van der Waals surface area contributed by atoms with Crippen LogP contribution in [0.25, 0.3) is 43.1 Å². The first kappa shape index (κ1) is 17.4. The molecule has 0 spiro atoms. The van der Waals surface area contributed by atoms with Crippen molar-refractivity contribution in [3.63, 3.8) is 0 Å². The second-order valence-electron chi connectivity index (χ2n) is 7.60. The molecule has 6 rings (SSSR count). The minimum absolute atomic E-state index is 0.419. The average Bonchev–Trinajstić information content (AvgIpc) is 2.67. The summed E-state index contributed by atoms with van der Waals surface area (Å²) in [4.78, 5) is 24.9. The first-order valence-electron chi connectivity index (χ1n) is 9.17. The van der Waals surface area contributed by atoms with Crippen LogP contribution in [0.4, 0.5) is 0 Å². The van der Waals surface area contributed by atoms with Crippen LogP contribution in [0.1, 0.15) is 31.8 Å². The summed E-state index contributed by atoms with van der Waals surface area (Å²) in [5, 5.41) is 8.24. The van der Waals surface area contributed by atoms with Gasteiger partial charge in [0.05, 0.1) is 11.1 Å². The topological polar surface area (TPSA) is 43.4 Å². The fourth-order valence-corrected chi connectivity index (χ4v) is 6.33. The van der Waals surface area contributed by atoms with Crippen LogP contribution < -0.4 is 0 Å². The maximum atomic E-state index is 12.5. The smallest absolute Gasteiger partial charge is 0.346 e. The third kappa shape index (κ3) is 2.02. The van der Waals surface area contributed by atoms with Gasteiger partial charge in [0.1, 0.15) is 0 Å². The third-order valence-corrected chi connectivity index (χ3v) is 7.29. The quantitative estimate of drug-likeness (QED) is 0.0963. The summed E-state index contributed by atoms with van der Waals surface area (Å²) in [6.07, 6.45) is 0. The van der Waals surface area contributed by atoms with E-state index in [4.69, 9.17) is 4.74 Å². The summed E-state index contributed by atoms with van der Waals surface area (Å²) in [5.74, 6) is -1.19. The molecule has 0 saturated heterocycles. The Labute approximate surface area is 182 Å². The fourth-order valence-electron chi connectivity index (χ4n) is 4.93. The standard InChI is InChI=1S/C24H12Br2O3/c1-9-3-4-11-20-16(26)8-14-18-13(23(27)29-24(14)28)6-5-12(22(18)20)19-15(25)7-10(2)17(9)21(11)19/h3-8H,1-2H3. The second kappa shape index (κ2) is 5.55. The van der Waals surface area contributed by atoms with Crippen LogP contribution in [-0.2, 0) is 4.74 Å². The van der Waals surface area contributed by atoms with Crippen molar-refractivity contribution < 1.29 is 14.3 Å². The number of hydrogen-bond acceptors (Lipinski definition) is 3. The highest BCUT2D eigenvalue weighted by atomic mass is 79.9. The Bertz CT molecular complexity index is 1600. The first-order valence-corrected chi connectivity index (χ1v) is 10.8. The number of carbonyl (C=O) groups is 2. The molecular weight excluding hydrogens is 496 g/mol. The SMILES string of the molecule is Cc1ccc2c3c(Br)cc4c5c(ccc(c6c(Br)cc(C)c1c26)c53)C(=O)OC4=O. The van der Waals surface area contributed by atoms with Gasteiger partial charge >= 0.3 is 11.9 Å². The van der Waals surface area contributed by atoms with E-state index in [-0.39, 0.29) is 0 Å². The van der Waals surface area contributed by atoms with Gasteiger partial charge in [0.2, 0.25) is 0 Å². The van der Waals surface area contributed by atoms with Gasteiger partial charge in [-0.3, -0.25) is 0 Å². The molecule has 0 bridgehead atoms. The van der Waals surface area contributed by atoms with Gasteiger partial charge in [0.25, 0.3) is 0 Å². The lowest BCUT2D eigenvalue weighted by atomic mass is 9.84. The molecule has 0 radical (unpaired) electrons. The number of cyclic esters (lactones) is 2. The van der Waals surface area contributed by atoms with Crippen molar-refractivity contribution in [2.75, 3.05) is 0 Å². The molecule has 1 heterocycles. The minimum Gasteiger partial charge on any atom is -0.386 e. The lowest BCUT2D eigenvalue weighted by Crippen LogP contribution is -2.19. The van der Waals surface area contributed by atoms with Crippen LogP contribution in [0.2, 0.25) is 0 Å². The summed E-state index contributed by atoms with van der Waals surface area (Å²) < 4.78 is 6.78. The van der Waals surface area contributed by atoms with Gasteiger partial charge in [-0.2, -0.15) is 0 Å². The van der Waals surface area contributed by atoms with Gasteiger partial charge in [0, 0.05) is 30.5 Å². The van der Waals surface area contributed by atoms with Crippen molar-refractivity contribution in [2.24, 2.45) is 0 Å². The molecule has 1 aliphatic rings. The average molecular weight is 508 g/mol. The van der Waals surface area contributed by atoms with Crippen molar-refractivity contribution in [2.45, 2.75) is 13.8 Å². The molecule has 29 heavy (non-hydrogen) atoms. The summed E-state index contributed by atoms with van der Waals surface area (Å²) in [6, 6.07) is 11.9. The summed E-state index contributed by atoms with van der Waals surface area (Å²) >= 11 is 7.47. The Morgan fingerprint density at radius 1 is 0.621 bits per heavy atom. The molecule has 0 atom stereocenters. The van der Waals surface area contributed by atoms with E-state index in [0.29, 0.717) is 16.5 Å². The number of hydrogen-bond donors (Lipinski definition) is 0. The molecule has 140 valence electrons. The van der Waals surface area contributed by atoms with Crippen LogP contribution in [0.3, 0.4) is 0 Å². The van der Waals surface area contributed by atoms with E-state index in [1.54, 1.807) is 12.1 Å². The Balaban J connectivity index is 2.07. The van der Waals surface area contributed by atoms with Crippen LogP contribution >= 0.6 is 31.9 Å². The maximum absolute atomic E-state index is 12.5. The number of rotatable bonds is 0. The van der Waals surface area contributed by atoms with E-state index in [1.165, 1.54) is 21.9 Å². The highest BCUT2D eigenvalue weighted by Gasteiger charge is 2.31. The molecule has 0 aliphatic carbocycles. The molecule has 0 unspecified atom stereocenters. The predicted molar refractivity (Wildman–Crippen MR) is 122 cm³/mol. The number of aryl methyl sites for hydroxylation is 2. The van der Waals surface area contributed by atoms with Crippen LogP contribution in [-0.4, -0.2) is 11.9 Å². The van der Waals surface area contributed by atoms with E-state index in [2.05, 4.69) is 63.9 Å². The molecule has 0 amide bonds. The monoisotopic (exact) mass is 506 g/mol. The maximum Gasteiger partial charge on any atom is 0.346 e. The molecule has 5 heteroatoms. The van der Waals surface area contributed by atoms with Crippen LogP contribution in [0.5, 0.6) is 0 Å². The largest absolute Gasteiger partial charge is 0.386 e. The predicted octanol–water partition coefficient (Wildman–Crippen LogP) is 7.19. The fraction of sp³-hybridized carbons (Fsp3) is 0.0833. The van der Waals surface area contributed by atoms with E-state index in [0.717, 1.165) is 35.9 Å². The zero-order valence-corrected chi connectivity index (χ0v) is 18.6. The van der Waals surface area contributed by atoms with Crippen molar-refractivity contribution in [1.29, 1.82) is 0 Å². The van der Waals surface area contributed by atoms with E-state index in [1.807, 2.05) is 6.07 Å². The third-order valence-electron chi connectivity index (χ3n) is 6.04. The zero-order chi connectivity index (χ0) is 20.2. The van der Waals surface area contributed by atoms with Crippen molar-refractivity contribution in [3.05, 3.63) is 67.6 Å². The number of ether oxygens (including phenoxy) is 1. The normalized spacial score (nSPS) is 13.9. The van der Waals surface area contributed by atoms with Crippen LogP contribution in [0.15, 0.2) is 45.3 Å². The molecule has 1 aliphatic heterocycles. The Kier molecular flexibility index (Phi) is 3.33. The highest BCUT2D eigenvalue weighted by molar-refractivity contribution is 9.11. The number of esters is 2. The molecule has 5 aromatic rings. The lowest BCUT2D eigenvalue weighted by Gasteiger charge is -2.22.